The summed E-state index contributed by atoms with van der Waals surface area (Å²) in [5.41, 5.74) is 0.852. The van der Waals surface area contributed by atoms with Crippen molar-refractivity contribution in [2.45, 2.75) is 13.2 Å². The average molecular weight is 337 g/mol. The highest BCUT2D eigenvalue weighted by molar-refractivity contribution is 7.16. The van der Waals surface area contributed by atoms with Crippen molar-refractivity contribution in [3.63, 3.8) is 0 Å². The molecule has 2 aromatic heterocycles. The van der Waals surface area contributed by atoms with Crippen LogP contribution in [0.2, 0.25) is 0 Å². The van der Waals surface area contributed by atoms with Gasteiger partial charge in [0.15, 0.2) is 11.5 Å². The van der Waals surface area contributed by atoms with E-state index in [9.17, 15) is 8.78 Å². The molecule has 1 aromatic carbocycles. The largest absolute Gasteiger partial charge is 0.493 e. The zero-order valence-electron chi connectivity index (χ0n) is 12.1. The van der Waals surface area contributed by atoms with Crippen LogP contribution >= 0.6 is 11.3 Å². The number of halogens is 2. The molecule has 0 fully saturated rings. The first-order chi connectivity index (χ1) is 11.2. The molecule has 23 heavy (non-hydrogen) atoms. The van der Waals surface area contributed by atoms with Gasteiger partial charge in [0.05, 0.1) is 12.5 Å². The maximum absolute atomic E-state index is 12.3. The summed E-state index contributed by atoms with van der Waals surface area (Å²) in [6.07, 6.45) is 1.50. The summed E-state index contributed by atoms with van der Waals surface area (Å²) in [5.74, 6) is 0.990. The summed E-state index contributed by atoms with van der Waals surface area (Å²) < 4.78 is 34.1. The second-order valence-electron chi connectivity index (χ2n) is 4.58. The molecule has 5 nitrogen and oxygen atoms in total. The predicted octanol–water partition coefficient (Wildman–Crippen LogP) is 3.91. The monoisotopic (exact) mass is 337 g/mol. The molecule has 0 aliphatic carbocycles. The number of anilines is 1. The number of rotatable bonds is 6. The minimum atomic E-state index is -2.89. The molecule has 0 unspecified atom stereocenters. The van der Waals surface area contributed by atoms with Crippen LogP contribution < -0.4 is 14.8 Å². The Balaban J connectivity index is 1.76. The lowest BCUT2D eigenvalue weighted by atomic mass is 10.2. The lowest BCUT2D eigenvalue weighted by Crippen LogP contribution is -2.05. The van der Waals surface area contributed by atoms with Crippen LogP contribution in [0.4, 0.5) is 14.6 Å². The minimum Gasteiger partial charge on any atom is -0.493 e. The lowest BCUT2D eigenvalue weighted by molar-refractivity contribution is -0.0512. The highest BCUT2D eigenvalue weighted by atomic mass is 32.1. The molecular formula is C15H13F2N3O2S. The Morgan fingerprint density at radius 1 is 1.22 bits per heavy atom. The van der Waals surface area contributed by atoms with E-state index in [4.69, 9.17) is 4.74 Å². The van der Waals surface area contributed by atoms with Gasteiger partial charge in [0.1, 0.15) is 17.0 Å². The number of benzene rings is 1. The molecule has 3 aromatic rings. The maximum atomic E-state index is 12.3. The van der Waals surface area contributed by atoms with Crippen LogP contribution in [0.15, 0.2) is 36.0 Å². The van der Waals surface area contributed by atoms with E-state index in [-0.39, 0.29) is 11.5 Å². The quantitative estimate of drug-likeness (QED) is 0.739. The topological polar surface area (TPSA) is 56.3 Å². The summed E-state index contributed by atoms with van der Waals surface area (Å²) >= 11 is 1.54. The number of hydrogen-bond donors (Lipinski definition) is 1. The van der Waals surface area contributed by atoms with E-state index >= 15 is 0 Å². The van der Waals surface area contributed by atoms with Gasteiger partial charge in [-0.3, -0.25) is 0 Å². The third kappa shape index (κ3) is 3.48. The van der Waals surface area contributed by atoms with E-state index in [0.29, 0.717) is 6.54 Å². The van der Waals surface area contributed by atoms with E-state index in [1.165, 1.54) is 30.8 Å². The van der Waals surface area contributed by atoms with Gasteiger partial charge >= 0.3 is 6.61 Å². The molecule has 0 aliphatic rings. The molecule has 2 heterocycles. The summed E-state index contributed by atoms with van der Waals surface area (Å²) in [5, 5.41) is 6.11. The molecule has 0 atom stereocenters. The average Bonchev–Trinajstić information content (AvgIpc) is 3.02. The van der Waals surface area contributed by atoms with Crippen LogP contribution in [0, 0.1) is 0 Å². The van der Waals surface area contributed by atoms with Gasteiger partial charge in [0, 0.05) is 6.54 Å². The van der Waals surface area contributed by atoms with E-state index in [2.05, 4.69) is 20.0 Å². The lowest BCUT2D eigenvalue weighted by Gasteiger charge is -2.12. The summed E-state index contributed by atoms with van der Waals surface area (Å²) in [4.78, 5) is 9.31. The van der Waals surface area contributed by atoms with Gasteiger partial charge in [-0.05, 0) is 29.1 Å². The van der Waals surface area contributed by atoms with Gasteiger partial charge in [-0.15, -0.1) is 11.3 Å². The third-order valence-corrected chi connectivity index (χ3v) is 3.99. The van der Waals surface area contributed by atoms with Crippen molar-refractivity contribution < 1.29 is 18.3 Å². The second-order valence-corrected chi connectivity index (χ2v) is 5.47. The van der Waals surface area contributed by atoms with Crippen molar-refractivity contribution in [2.75, 3.05) is 12.4 Å². The van der Waals surface area contributed by atoms with Crippen LogP contribution in [0.25, 0.3) is 10.2 Å². The van der Waals surface area contributed by atoms with Gasteiger partial charge in [-0.1, -0.05) is 6.07 Å². The second kappa shape index (κ2) is 6.74. The van der Waals surface area contributed by atoms with Gasteiger partial charge in [0.2, 0.25) is 0 Å². The van der Waals surface area contributed by atoms with Crippen LogP contribution in [0.1, 0.15) is 5.56 Å². The maximum Gasteiger partial charge on any atom is 0.387 e. The van der Waals surface area contributed by atoms with Gasteiger partial charge in [0.25, 0.3) is 0 Å². The molecule has 0 radical (unpaired) electrons. The number of hydrogen-bond acceptors (Lipinski definition) is 6. The number of aromatic nitrogens is 2. The molecule has 0 saturated heterocycles. The van der Waals surface area contributed by atoms with Gasteiger partial charge in [-0.2, -0.15) is 8.78 Å². The Hall–Kier alpha value is -2.48. The minimum absolute atomic E-state index is 0.00788. The van der Waals surface area contributed by atoms with Crippen LogP contribution in [-0.2, 0) is 6.54 Å². The van der Waals surface area contributed by atoms with Crippen LogP contribution in [0.3, 0.4) is 0 Å². The predicted molar refractivity (Wildman–Crippen MR) is 84.4 cm³/mol. The van der Waals surface area contributed by atoms with Crippen molar-refractivity contribution in [1.82, 2.24) is 9.97 Å². The smallest absolute Gasteiger partial charge is 0.387 e. The Morgan fingerprint density at radius 2 is 2.09 bits per heavy atom. The molecule has 0 spiro atoms. The number of nitrogens with one attached hydrogen (secondary N) is 1. The van der Waals surface area contributed by atoms with Crippen molar-refractivity contribution in [3.8, 4) is 11.5 Å². The summed E-state index contributed by atoms with van der Waals surface area (Å²) in [6, 6.07) is 6.75. The van der Waals surface area contributed by atoms with E-state index < -0.39 is 6.61 Å². The number of fused-ring (bicyclic) bond motifs is 1. The Labute approximate surface area is 134 Å². The zero-order valence-corrected chi connectivity index (χ0v) is 12.9. The van der Waals surface area contributed by atoms with Crippen molar-refractivity contribution in [1.29, 1.82) is 0 Å². The first kappa shape index (κ1) is 15.4. The Bertz CT molecular complexity index is 810. The molecule has 8 heteroatoms. The molecule has 120 valence electrons. The van der Waals surface area contributed by atoms with E-state index in [0.717, 1.165) is 21.6 Å². The van der Waals surface area contributed by atoms with Gasteiger partial charge < -0.3 is 14.8 Å². The van der Waals surface area contributed by atoms with Crippen molar-refractivity contribution in [2.24, 2.45) is 0 Å². The highest BCUT2D eigenvalue weighted by Crippen LogP contribution is 2.30. The van der Waals surface area contributed by atoms with E-state index in [1.54, 1.807) is 12.1 Å². The molecule has 0 saturated carbocycles. The fourth-order valence-corrected chi connectivity index (χ4v) is 2.86. The normalized spacial score (nSPS) is 11.0. The molecule has 0 aliphatic heterocycles. The van der Waals surface area contributed by atoms with E-state index in [1.807, 2.05) is 11.4 Å². The van der Waals surface area contributed by atoms with Crippen molar-refractivity contribution in [3.05, 3.63) is 41.5 Å². The number of ether oxygens (including phenoxy) is 2. The van der Waals surface area contributed by atoms with Crippen LogP contribution in [0.5, 0.6) is 11.5 Å². The number of methoxy groups -OCH3 is 1. The molecule has 0 bridgehead atoms. The first-order valence-corrected chi connectivity index (χ1v) is 7.59. The molecule has 3 rings (SSSR count). The fourth-order valence-electron chi connectivity index (χ4n) is 2.13. The standard InChI is InChI=1S/C15H13F2N3O2S/c1-21-12-6-9(2-3-11(12)22-15(16)17)7-18-13-10-4-5-23-14(10)20-8-19-13/h2-6,8,15H,7H2,1H3,(H,18,19,20). The summed E-state index contributed by atoms with van der Waals surface area (Å²) in [7, 11) is 1.41. The molecule has 1 N–H and O–H groups in total. The van der Waals surface area contributed by atoms with Crippen molar-refractivity contribution >= 4 is 27.4 Å². The number of alkyl halides is 2. The molecular weight excluding hydrogens is 324 g/mol. The van der Waals surface area contributed by atoms with Gasteiger partial charge in [-0.25, -0.2) is 9.97 Å². The molecule has 0 amide bonds. The third-order valence-electron chi connectivity index (χ3n) is 3.17. The highest BCUT2D eigenvalue weighted by Gasteiger charge is 2.11. The number of thiophene rings is 1. The Kier molecular flexibility index (Phi) is 4.52. The number of nitrogens with zero attached hydrogens (tertiary/aromatic N) is 2. The fraction of sp³-hybridized carbons (Fsp3) is 0.200. The SMILES string of the molecule is COc1cc(CNc2ncnc3sccc23)ccc1OC(F)F. The first-order valence-electron chi connectivity index (χ1n) is 6.71. The Morgan fingerprint density at radius 3 is 2.87 bits per heavy atom. The van der Waals surface area contributed by atoms with Crippen LogP contribution in [-0.4, -0.2) is 23.7 Å². The summed E-state index contributed by atoms with van der Waals surface area (Å²) in [6.45, 7) is -2.42. The zero-order chi connectivity index (χ0) is 16.2.